The molecule has 1 aliphatic rings. The summed E-state index contributed by atoms with van der Waals surface area (Å²) in [6.07, 6.45) is 1.16. The predicted molar refractivity (Wildman–Crippen MR) is 150 cm³/mol. The molecule has 0 aliphatic carbocycles. The number of rotatable bonds is 10. The lowest BCUT2D eigenvalue weighted by Gasteiger charge is -2.37. The monoisotopic (exact) mass is 521 g/mol. The van der Waals surface area contributed by atoms with E-state index < -0.39 is 0 Å². The highest BCUT2D eigenvalue weighted by molar-refractivity contribution is 5.79. The SMILES string of the molecule is CC[C@H](C)N(Cc1c(C)nn(-c2cccc(F)c2)c1N1CCN(CC)CC1)C(=O)Cc1ccc(OC)cc1. The van der Waals surface area contributed by atoms with E-state index in [1.807, 2.05) is 46.8 Å². The molecule has 1 aromatic heterocycles. The number of likely N-dealkylation sites (N-methyl/N-ethyl adjacent to an activating group) is 1. The van der Waals surface area contributed by atoms with Gasteiger partial charge in [0.15, 0.2) is 0 Å². The number of piperazine rings is 1. The first kappa shape index (κ1) is 27.6. The molecule has 1 saturated heterocycles. The van der Waals surface area contributed by atoms with Crippen LogP contribution in [0.25, 0.3) is 5.69 Å². The fourth-order valence-electron chi connectivity index (χ4n) is 5.02. The largest absolute Gasteiger partial charge is 0.497 e. The Hall–Kier alpha value is -3.39. The van der Waals surface area contributed by atoms with Gasteiger partial charge in [-0.1, -0.05) is 32.0 Å². The number of halogens is 1. The third kappa shape index (κ3) is 6.18. The summed E-state index contributed by atoms with van der Waals surface area (Å²) < 4.78 is 21.4. The molecule has 0 N–H and O–H groups in total. The van der Waals surface area contributed by atoms with E-state index in [1.54, 1.807) is 13.2 Å². The van der Waals surface area contributed by atoms with Crippen LogP contribution >= 0.6 is 0 Å². The second kappa shape index (κ2) is 12.4. The van der Waals surface area contributed by atoms with Gasteiger partial charge in [-0.3, -0.25) is 4.79 Å². The Labute approximate surface area is 225 Å². The number of aryl methyl sites for hydroxylation is 1. The number of carbonyl (C=O) groups excluding carboxylic acids is 1. The molecule has 2 heterocycles. The highest BCUT2D eigenvalue weighted by Gasteiger charge is 2.29. The van der Waals surface area contributed by atoms with E-state index in [0.717, 1.165) is 67.5 Å². The molecule has 2 aromatic carbocycles. The Kier molecular flexibility index (Phi) is 9.05. The smallest absolute Gasteiger partial charge is 0.227 e. The molecule has 1 aliphatic heterocycles. The maximum absolute atomic E-state index is 14.2. The van der Waals surface area contributed by atoms with E-state index in [4.69, 9.17) is 9.84 Å². The number of amides is 1. The van der Waals surface area contributed by atoms with Crippen LogP contribution < -0.4 is 9.64 Å². The molecule has 0 radical (unpaired) electrons. The Bertz CT molecular complexity index is 1220. The van der Waals surface area contributed by atoms with Crippen molar-refractivity contribution < 1.29 is 13.9 Å². The van der Waals surface area contributed by atoms with E-state index in [-0.39, 0.29) is 17.8 Å². The number of ether oxygens (including phenoxy) is 1. The van der Waals surface area contributed by atoms with Crippen molar-refractivity contribution in [3.8, 4) is 11.4 Å². The molecular weight excluding hydrogens is 481 g/mol. The van der Waals surface area contributed by atoms with Gasteiger partial charge in [0, 0.05) is 37.8 Å². The van der Waals surface area contributed by atoms with Crippen LogP contribution in [-0.2, 0) is 17.8 Å². The van der Waals surface area contributed by atoms with Crippen molar-refractivity contribution in [1.82, 2.24) is 19.6 Å². The molecular formula is C30H40FN5O2. The van der Waals surface area contributed by atoms with Crippen molar-refractivity contribution in [3.63, 3.8) is 0 Å². The van der Waals surface area contributed by atoms with Gasteiger partial charge in [-0.2, -0.15) is 5.10 Å². The van der Waals surface area contributed by atoms with Gasteiger partial charge in [-0.25, -0.2) is 9.07 Å². The predicted octanol–water partition coefficient (Wildman–Crippen LogP) is 4.84. The summed E-state index contributed by atoms with van der Waals surface area (Å²) in [5.74, 6) is 1.50. The normalized spacial score (nSPS) is 14.9. The number of carbonyl (C=O) groups is 1. The third-order valence-electron chi connectivity index (χ3n) is 7.62. The molecule has 8 heteroatoms. The van der Waals surface area contributed by atoms with Crippen molar-refractivity contribution in [2.75, 3.05) is 44.7 Å². The molecule has 204 valence electrons. The third-order valence-corrected chi connectivity index (χ3v) is 7.62. The summed E-state index contributed by atoms with van der Waals surface area (Å²) >= 11 is 0. The zero-order valence-electron chi connectivity index (χ0n) is 23.3. The van der Waals surface area contributed by atoms with Gasteiger partial charge in [-0.05, 0) is 62.7 Å². The van der Waals surface area contributed by atoms with E-state index in [2.05, 4.69) is 30.6 Å². The molecule has 0 unspecified atom stereocenters. The van der Waals surface area contributed by atoms with Crippen LogP contribution in [0.1, 0.15) is 44.0 Å². The Morgan fingerprint density at radius 1 is 1.11 bits per heavy atom. The lowest BCUT2D eigenvalue weighted by atomic mass is 10.1. The van der Waals surface area contributed by atoms with Crippen LogP contribution in [-0.4, -0.2) is 71.4 Å². The second-order valence-corrected chi connectivity index (χ2v) is 10.0. The minimum atomic E-state index is -0.296. The van der Waals surface area contributed by atoms with Crippen LogP contribution in [0.3, 0.4) is 0 Å². The lowest BCUT2D eigenvalue weighted by Crippen LogP contribution is -2.47. The van der Waals surface area contributed by atoms with E-state index in [1.165, 1.54) is 12.1 Å². The molecule has 4 rings (SSSR count). The summed E-state index contributed by atoms with van der Waals surface area (Å²) in [5.41, 5.74) is 3.51. The van der Waals surface area contributed by atoms with Gasteiger partial charge in [0.05, 0.1) is 31.5 Å². The maximum atomic E-state index is 14.2. The first-order valence-corrected chi connectivity index (χ1v) is 13.6. The topological polar surface area (TPSA) is 53.8 Å². The van der Waals surface area contributed by atoms with Gasteiger partial charge < -0.3 is 19.4 Å². The average Bonchev–Trinajstić information content (AvgIpc) is 3.27. The van der Waals surface area contributed by atoms with Crippen molar-refractivity contribution in [1.29, 1.82) is 0 Å². The van der Waals surface area contributed by atoms with E-state index in [9.17, 15) is 9.18 Å². The zero-order chi connectivity index (χ0) is 27.2. The second-order valence-electron chi connectivity index (χ2n) is 10.0. The van der Waals surface area contributed by atoms with Crippen LogP contribution in [0, 0.1) is 12.7 Å². The molecule has 1 amide bonds. The number of nitrogens with zero attached hydrogens (tertiary/aromatic N) is 5. The molecule has 1 fully saturated rings. The van der Waals surface area contributed by atoms with Crippen LogP contribution in [0.2, 0.25) is 0 Å². The number of aromatic nitrogens is 2. The first-order chi connectivity index (χ1) is 18.3. The number of anilines is 1. The van der Waals surface area contributed by atoms with Crippen molar-refractivity contribution in [2.45, 2.75) is 53.1 Å². The summed E-state index contributed by atoms with van der Waals surface area (Å²) in [6, 6.07) is 14.3. The molecule has 0 saturated carbocycles. The first-order valence-electron chi connectivity index (χ1n) is 13.6. The number of hydrogen-bond donors (Lipinski definition) is 0. The zero-order valence-corrected chi connectivity index (χ0v) is 23.3. The summed E-state index contributed by atoms with van der Waals surface area (Å²) in [5, 5.41) is 4.88. The number of methoxy groups -OCH3 is 1. The van der Waals surface area contributed by atoms with Crippen molar-refractivity contribution >= 4 is 11.7 Å². The van der Waals surface area contributed by atoms with Gasteiger partial charge in [0.25, 0.3) is 0 Å². The quantitative estimate of drug-likeness (QED) is 0.382. The van der Waals surface area contributed by atoms with Crippen molar-refractivity contribution in [2.24, 2.45) is 0 Å². The van der Waals surface area contributed by atoms with Crippen LogP contribution in [0.15, 0.2) is 48.5 Å². The highest BCUT2D eigenvalue weighted by Crippen LogP contribution is 2.31. The summed E-state index contributed by atoms with van der Waals surface area (Å²) in [7, 11) is 1.64. The molecule has 38 heavy (non-hydrogen) atoms. The van der Waals surface area contributed by atoms with Crippen molar-refractivity contribution in [3.05, 3.63) is 71.2 Å². The van der Waals surface area contributed by atoms with Gasteiger partial charge in [0.2, 0.25) is 5.91 Å². The van der Waals surface area contributed by atoms with E-state index in [0.29, 0.717) is 18.7 Å². The molecule has 3 aromatic rings. The average molecular weight is 522 g/mol. The van der Waals surface area contributed by atoms with Gasteiger partial charge in [-0.15, -0.1) is 0 Å². The molecule has 0 spiro atoms. The summed E-state index contributed by atoms with van der Waals surface area (Å²) in [6.45, 7) is 13.4. The highest BCUT2D eigenvalue weighted by atomic mass is 19.1. The Balaban J connectivity index is 1.69. The van der Waals surface area contributed by atoms with Crippen LogP contribution in [0.4, 0.5) is 10.2 Å². The number of hydrogen-bond acceptors (Lipinski definition) is 5. The Morgan fingerprint density at radius 2 is 1.82 bits per heavy atom. The minimum Gasteiger partial charge on any atom is -0.497 e. The standard InChI is InChI=1S/C30H40FN5O2/c1-6-22(3)35(29(37)19-24-11-13-27(38-5)14-12-24)21-28-23(4)32-36(26-10-8-9-25(31)20-26)30(28)34-17-15-33(7-2)16-18-34/h8-14,20,22H,6-7,15-19,21H2,1-5H3/t22-/m0/s1. The van der Waals surface area contributed by atoms with Crippen LogP contribution in [0.5, 0.6) is 5.75 Å². The minimum absolute atomic E-state index is 0.0578. The van der Waals surface area contributed by atoms with E-state index >= 15 is 0 Å². The molecule has 1 atom stereocenters. The van der Waals surface area contributed by atoms with Gasteiger partial charge in [0.1, 0.15) is 17.4 Å². The Morgan fingerprint density at radius 3 is 2.42 bits per heavy atom. The fraction of sp³-hybridized carbons (Fsp3) is 0.467. The summed E-state index contributed by atoms with van der Waals surface area (Å²) in [4.78, 5) is 20.4. The molecule has 7 nitrogen and oxygen atoms in total. The lowest BCUT2D eigenvalue weighted by molar-refractivity contribution is -0.133. The molecule has 0 bridgehead atoms. The number of benzene rings is 2. The maximum Gasteiger partial charge on any atom is 0.227 e. The van der Waals surface area contributed by atoms with Gasteiger partial charge >= 0.3 is 0 Å². The fourth-order valence-corrected chi connectivity index (χ4v) is 5.02.